The number of methoxy groups -OCH3 is 1. The van der Waals surface area contributed by atoms with Gasteiger partial charge in [0.15, 0.2) is 0 Å². The number of hydrogen-bond acceptors (Lipinski definition) is 5. The molecule has 0 spiro atoms. The van der Waals surface area contributed by atoms with E-state index in [9.17, 15) is 5.11 Å². The van der Waals surface area contributed by atoms with Crippen molar-refractivity contribution in [1.82, 2.24) is 15.2 Å². The molecule has 0 bridgehead atoms. The van der Waals surface area contributed by atoms with Crippen LogP contribution in [0, 0.1) is 0 Å². The molecule has 0 saturated carbocycles. The maximum atomic E-state index is 9.51. The lowest BCUT2D eigenvalue weighted by Gasteiger charge is -2.40. The van der Waals surface area contributed by atoms with E-state index in [1.165, 1.54) is 0 Å². The molecule has 120 valence electrons. The van der Waals surface area contributed by atoms with Crippen molar-refractivity contribution in [1.29, 1.82) is 0 Å². The van der Waals surface area contributed by atoms with Gasteiger partial charge in [-0.15, -0.1) is 0 Å². The first-order valence-electron chi connectivity index (χ1n) is 7.59. The van der Waals surface area contributed by atoms with Crippen molar-refractivity contribution in [3.63, 3.8) is 0 Å². The third-order valence-electron chi connectivity index (χ3n) is 3.95. The summed E-state index contributed by atoms with van der Waals surface area (Å²) < 4.78 is 5.40. The molecule has 0 radical (unpaired) electrons. The van der Waals surface area contributed by atoms with Crippen LogP contribution in [0.4, 0.5) is 0 Å². The van der Waals surface area contributed by atoms with Crippen LogP contribution in [0.15, 0.2) is 18.3 Å². The third-order valence-corrected chi connectivity index (χ3v) is 3.95. The molecule has 0 aliphatic heterocycles. The van der Waals surface area contributed by atoms with E-state index in [1.54, 1.807) is 13.3 Å². The fourth-order valence-corrected chi connectivity index (χ4v) is 2.68. The van der Waals surface area contributed by atoms with Crippen LogP contribution in [0.5, 0.6) is 5.88 Å². The summed E-state index contributed by atoms with van der Waals surface area (Å²) in [7, 11) is 1.65. The van der Waals surface area contributed by atoms with Crippen LogP contribution < -0.4 is 10.1 Å². The highest BCUT2D eigenvalue weighted by molar-refractivity contribution is 5.32. The Balaban J connectivity index is 3.00. The smallest absolute Gasteiger partial charge is 0.218 e. The number of rotatable bonds is 9. The van der Waals surface area contributed by atoms with Crippen LogP contribution >= 0.6 is 0 Å². The average Bonchev–Trinajstić information content (AvgIpc) is 2.50. The van der Waals surface area contributed by atoms with Crippen LogP contribution in [0.3, 0.4) is 0 Å². The SMILES string of the molecule is CCN[C@@H](CO)CN(CC)C(C)(C)c1cccnc1OC. The van der Waals surface area contributed by atoms with Crippen LogP contribution in [-0.4, -0.2) is 54.4 Å². The van der Waals surface area contributed by atoms with Crippen molar-refractivity contribution in [2.75, 3.05) is 33.4 Å². The Labute approximate surface area is 128 Å². The molecular formula is C16H29N3O2. The molecule has 2 N–H and O–H groups in total. The number of nitrogens with zero attached hydrogens (tertiary/aromatic N) is 2. The minimum absolute atomic E-state index is 0.0666. The van der Waals surface area contributed by atoms with E-state index in [4.69, 9.17) is 4.74 Å². The highest BCUT2D eigenvalue weighted by Crippen LogP contribution is 2.33. The van der Waals surface area contributed by atoms with Gasteiger partial charge in [0.25, 0.3) is 0 Å². The number of likely N-dealkylation sites (N-methyl/N-ethyl adjacent to an activating group) is 2. The Morgan fingerprint density at radius 3 is 2.67 bits per heavy atom. The van der Waals surface area contributed by atoms with Gasteiger partial charge in [-0.1, -0.05) is 19.9 Å². The van der Waals surface area contributed by atoms with Crippen molar-refractivity contribution in [2.24, 2.45) is 0 Å². The lowest BCUT2D eigenvalue weighted by atomic mass is 9.92. The van der Waals surface area contributed by atoms with Gasteiger partial charge in [0.1, 0.15) is 0 Å². The number of aliphatic hydroxyl groups is 1. The molecule has 0 fully saturated rings. The first-order chi connectivity index (χ1) is 10.0. The molecule has 0 aliphatic carbocycles. The molecule has 1 atom stereocenters. The fraction of sp³-hybridized carbons (Fsp3) is 0.688. The monoisotopic (exact) mass is 295 g/mol. The molecule has 1 rings (SSSR count). The van der Waals surface area contributed by atoms with Gasteiger partial charge in [-0.05, 0) is 33.0 Å². The zero-order chi connectivity index (χ0) is 15.9. The number of pyridine rings is 1. The van der Waals surface area contributed by atoms with E-state index in [0.717, 1.165) is 25.2 Å². The van der Waals surface area contributed by atoms with Gasteiger partial charge in [-0.25, -0.2) is 4.98 Å². The second-order valence-corrected chi connectivity index (χ2v) is 5.60. The normalized spacial score (nSPS) is 13.5. The molecule has 5 heteroatoms. The fourth-order valence-electron chi connectivity index (χ4n) is 2.68. The quantitative estimate of drug-likeness (QED) is 0.725. The maximum absolute atomic E-state index is 9.51. The largest absolute Gasteiger partial charge is 0.481 e. The topological polar surface area (TPSA) is 57.6 Å². The Hall–Kier alpha value is -1.17. The minimum atomic E-state index is -0.225. The highest BCUT2D eigenvalue weighted by atomic mass is 16.5. The maximum Gasteiger partial charge on any atom is 0.218 e. The Bertz CT molecular complexity index is 424. The Morgan fingerprint density at radius 2 is 2.14 bits per heavy atom. The molecule has 21 heavy (non-hydrogen) atoms. The first kappa shape index (κ1) is 17.9. The zero-order valence-corrected chi connectivity index (χ0v) is 13.9. The van der Waals surface area contributed by atoms with Crippen molar-refractivity contribution in [3.05, 3.63) is 23.9 Å². The molecule has 0 aliphatic rings. The summed E-state index contributed by atoms with van der Waals surface area (Å²) in [5.74, 6) is 0.657. The van der Waals surface area contributed by atoms with E-state index in [2.05, 4.69) is 42.0 Å². The number of aliphatic hydroxyl groups excluding tert-OH is 1. The van der Waals surface area contributed by atoms with Gasteiger partial charge >= 0.3 is 0 Å². The number of nitrogens with one attached hydrogen (secondary N) is 1. The van der Waals surface area contributed by atoms with Crippen LogP contribution in [0.2, 0.25) is 0 Å². The van der Waals surface area contributed by atoms with Gasteiger partial charge in [0, 0.05) is 29.9 Å². The van der Waals surface area contributed by atoms with Gasteiger partial charge in [0.2, 0.25) is 5.88 Å². The lowest BCUT2D eigenvalue weighted by Crippen LogP contribution is -2.50. The van der Waals surface area contributed by atoms with Crippen molar-refractivity contribution in [3.8, 4) is 5.88 Å². The van der Waals surface area contributed by atoms with Crippen molar-refractivity contribution >= 4 is 0 Å². The molecule has 0 saturated heterocycles. The van der Waals surface area contributed by atoms with Crippen LogP contribution in [0.1, 0.15) is 33.3 Å². The predicted molar refractivity (Wildman–Crippen MR) is 85.6 cm³/mol. The minimum Gasteiger partial charge on any atom is -0.481 e. The van der Waals surface area contributed by atoms with Gasteiger partial charge in [-0.3, -0.25) is 4.90 Å². The van der Waals surface area contributed by atoms with Gasteiger partial charge in [0.05, 0.1) is 13.7 Å². The standard InChI is InChI=1S/C16H29N3O2/c1-6-17-13(12-20)11-19(7-2)16(3,4)14-9-8-10-18-15(14)21-5/h8-10,13,17,20H,6-7,11-12H2,1-5H3/t13-/m1/s1. The Kier molecular flexibility index (Phi) is 7.08. The summed E-state index contributed by atoms with van der Waals surface area (Å²) in [5, 5.41) is 12.8. The molecule has 0 unspecified atom stereocenters. The molecule has 1 aromatic heterocycles. The second-order valence-electron chi connectivity index (χ2n) is 5.60. The van der Waals surface area contributed by atoms with Crippen molar-refractivity contribution < 1.29 is 9.84 Å². The zero-order valence-electron chi connectivity index (χ0n) is 13.9. The summed E-state index contributed by atoms with van der Waals surface area (Å²) in [5.41, 5.74) is 0.833. The molecular weight excluding hydrogens is 266 g/mol. The molecule has 0 amide bonds. The van der Waals surface area contributed by atoms with Crippen LogP contribution in [-0.2, 0) is 5.54 Å². The number of hydrogen-bond donors (Lipinski definition) is 2. The van der Waals surface area contributed by atoms with E-state index < -0.39 is 0 Å². The first-order valence-corrected chi connectivity index (χ1v) is 7.59. The summed E-state index contributed by atoms with van der Waals surface area (Å²) in [6, 6.07) is 4.05. The van der Waals surface area contributed by atoms with Gasteiger partial charge < -0.3 is 15.2 Å². The van der Waals surface area contributed by atoms with Gasteiger partial charge in [-0.2, -0.15) is 0 Å². The Morgan fingerprint density at radius 1 is 1.43 bits per heavy atom. The average molecular weight is 295 g/mol. The van der Waals surface area contributed by atoms with Crippen molar-refractivity contribution in [2.45, 2.75) is 39.3 Å². The second kappa shape index (κ2) is 8.32. The lowest BCUT2D eigenvalue weighted by molar-refractivity contribution is 0.0930. The summed E-state index contributed by atoms with van der Waals surface area (Å²) in [4.78, 5) is 6.63. The summed E-state index contributed by atoms with van der Waals surface area (Å²) >= 11 is 0. The van der Waals surface area contributed by atoms with E-state index in [0.29, 0.717) is 5.88 Å². The molecule has 1 aromatic rings. The molecule has 5 nitrogen and oxygen atoms in total. The summed E-state index contributed by atoms with van der Waals surface area (Å²) in [6.45, 7) is 11.1. The molecule has 1 heterocycles. The van der Waals surface area contributed by atoms with Crippen LogP contribution in [0.25, 0.3) is 0 Å². The predicted octanol–water partition coefficient (Wildman–Crippen LogP) is 1.62. The number of aromatic nitrogens is 1. The van der Waals surface area contributed by atoms with E-state index >= 15 is 0 Å². The summed E-state index contributed by atoms with van der Waals surface area (Å²) in [6.07, 6.45) is 1.74. The van der Waals surface area contributed by atoms with E-state index in [1.807, 2.05) is 13.0 Å². The van der Waals surface area contributed by atoms with E-state index in [-0.39, 0.29) is 18.2 Å². The number of ether oxygens (including phenoxy) is 1. The molecule has 0 aromatic carbocycles. The highest BCUT2D eigenvalue weighted by Gasteiger charge is 2.32. The third kappa shape index (κ3) is 4.40.